The SMILES string of the molecule is CC(C)c1nc(N2CCN(C(=O)c3cc(Cl)cc(Cl)c3)CC2)c2c3c(sc2n1)C[C@@H](C)CC3. The number of aryl methyl sites for hydroxylation is 1. The summed E-state index contributed by atoms with van der Waals surface area (Å²) in [6.45, 7) is 9.38. The lowest BCUT2D eigenvalue weighted by atomic mass is 9.89. The first-order chi connectivity index (χ1) is 15.8. The Bertz CT molecular complexity index is 1200. The maximum absolute atomic E-state index is 13.1. The van der Waals surface area contributed by atoms with E-state index in [1.54, 1.807) is 18.2 Å². The Labute approximate surface area is 208 Å². The third-order valence-corrected chi connectivity index (χ3v) is 8.23. The van der Waals surface area contributed by atoms with Gasteiger partial charge in [-0.1, -0.05) is 44.0 Å². The maximum atomic E-state index is 13.1. The lowest BCUT2D eigenvalue weighted by molar-refractivity contribution is 0.0746. The molecule has 0 N–H and O–H groups in total. The van der Waals surface area contributed by atoms with Crippen molar-refractivity contribution in [1.29, 1.82) is 0 Å². The maximum Gasteiger partial charge on any atom is 0.254 e. The van der Waals surface area contributed by atoms with Crippen molar-refractivity contribution >= 4 is 56.5 Å². The van der Waals surface area contributed by atoms with Crippen LogP contribution in [0.5, 0.6) is 0 Å². The highest BCUT2D eigenvalue weighted by atomic mass is 35.5. The van der Waals surface area contributed by atoms with E-state index in [2.05, 4.69) is 25.7 Å². The van der Waals surface area contributed by atoms with E-state index in [1.165, 1.54) is 22.2 Å². The van der Waals surface area contributed by atoms with E-state index in [4.69, 9.17) is 33.2 Å². The van der Waals surface area contributed by atoms with Crippen LogP contribution in [0.2, 0.25) is 10.0 Å². The highest BCUT2D eigenvalue weighted by Crippen LogP contribution is 2.41. The number of hydrogen-bond acceptors (Lipinski definition) is 5. The smallest absolute Gasteiger partial charge is 0.254 e. The van der Waals surface area contributed by atoms with Gasteiger partial charge in [0.25, 0.3) is 5.91 Å². The number of thiophene rings is 1. The number of anilines is 1. The topological polar surface area (TPSA) is 49.3 Å². The molecule has 0 saturated carbocycles. The molecular weight excluding hydrogens is 475 g/mol. The zero-order valence-corrected chi connectivity index (χ0v) is 21.5. The lowest BCUT2D eigenvalue weighted by Gasteiger charge is -2.36. The van der Waals surface area contributed by atoms with E-state index in [0.717, 1.165) is 48.3 Å². The van der Waals surface area contributed by atoms with Crippen LogP contribution in [0.25, 0.3) is 10.2 Å². The Hall–Kier alpha value is -1.89. The van der Waals surface area contributed by atoms with Gasteiger partial charge < -0.3 is 9.80 Å². The second kappa shape index (κ2) is 9.05. The summed E-state index contributed by atoms with van der Waals surface area (Å²) in [4.78, 5) is 29.9. The fraction of sp³-hybridized carbons (Fsp3) is 0.480. The van der Waals surface area contributed by atoms with E-state index in [9.17, 15) is 4.79 Å². The van der Waals surface area contributed by atoms with Gasteiger partial charge in [-0.2, -0.15) is 0 Å². The van der Waals surface area contributed by atoms with Crippen LogP contribution in [0.1, 0.15) is 59.7 Å². The van der Waals surface area contributed by atoms with Crippen LogP contribution in [-0.4, -0.2) is 47.0 Å². The minimum atomic E-state index is -0.0309. The number of aromatic nitrogens is 2. The molecule has 1 amide bonds. The molecule has 0 spiro atoms. The third-order valence-electron chi connectivity index (χ3n) is 6.65. The molecule has 1 fully saturated rings. The van der Waals surface area contributed by atoms with Gasteiger partial charge in [-0.05, 0) is 48.9 Å². The number of hydrogen-bond donors (Lipinski definition) is 0. The molecule has 0 radical (unpaired) electrons. The molecule has 5 nitrogen and oxygen atoms in total. The van der Waals surface area contributed by atoms with Crippen LogP contribution < -0.4 is 4.90 Å². The van der Waals surface area contributed by atoms with E-state index in [1.807, 2.05) is 16.2 Å². The first-order valence-corrected chi connectivity index (χ1v) is 13.2. The average molecular weight is 503 g/mol. The van der Waals surface area contributed by atoms with Crippen molar-refractivity contribution in [2.45, 2.75) is 46.0 Å². The normalized spacial score (nSPS) is 18.8. The standard InChI is InChI=1S/C25H28Cl2N4OS/c1-14(2)22-28-23(21-19-5-4-15(3)10-20(19)33-24(21)29-22)30-6-8-31(9-7-30)25(32)16-11-17(26)13-18(27)12-16/h11-15H,4-10H2,1-3H3/t15-/m0/s1. The fourth-order valence-electron chi connectivity index (χ4n) is 4.81. The minimum absolute atomic E-state index is 0.0309. The molecule has 174 valence electrons. The second-order valence-electron chi connectivity index (χ2n) is 9.53. The molecule has 1 aliphatic carbocycles. The molecule has 1 saturated heterocycles. The highest BCUT2D eigenvalue weighted by molar-refractivity contribution is 7.19. The van der Waals surface area contributed by atoms with Crippen molar-refractivity contribution in [3.63, 3.8) is 0 Å². The Morgan fingerprint density at radius 2 is 1.79 bits per heavy atom. The summed E-state index contributed by atoms with van der Waals surface area (Å²) in [5.41, 5.74) is 1.99. The molecule has 5 rings (SSSR count). The predicted molar refractivity (Wildman–Crippen MR) is 137 cm³/mol. The highest BCUT2D eigenvalue weighted by Gasteiger charge is 2.29. The molecule has 1 atom stereocenters. The number of rotatable bonds is 3. The summed E-state index contributed by atoms with van der Waals surface area (Å²) in [6.07, 6.45) is 3.45. The Balaban J connectivity index is 1.43. The number of piperazine rings is 1. The van der Waals surface area contributed by atoms with Gasteiger partial charge in [-0.3, -0.25) is 4.79 Å². The first kappa shape index (κ1) is 22.9. The number of amides is 1. The van der Waals surface area contributed by atoms with Crippen molar-refractivity contribution in [2.75, 3.05) is 31.1 Å². The van der Waals surface area contributed by atoms with Gasteiger partial charge in [0, 0.05) is 52.6 Å². The Morgan fingerprint density at radius 3 is 2.45 bits per heavy atom. The van der Waals surface area contributed by atoms with Crippen LogP contribution in [-0.2, 0) is 12.8 Å². The van der Waals surface area contributed by atoms with Crippen LogP contribution in [0.15, 0.2) is 18.2 Å². The molecule has 3 aromatic rings. The number of benzene rings is 1. The number of halogens is 2. The summed E-state index contributed by atoms with van der Waals surface area (Å²) >= 11 is 14.1. The van der Waals surface area contributed by atoms with Gasteiger partial charge in [0.05, 0.1) is 5.39 Å². The molecule has 2 aromatic heterocycles. The zero-order chi connectivity index (χ0) is 23.3. The number of fused-ring (bicyclic) bond motifs is 3. The molecule has 1 aromatic carbocycles. The molecule has 0 unspecified atom stereocenters. The lowest BCUT2D eigenvalue weighted by Crippen LogP contribution is -2.49. The van der Waals surface area contributed by atoms with Gasteiger partial charge in [-0.15, -0.1) is 11.3 Å². The van der Waals surface area contributed by atoms with Crippen molar-refractivity contribution in [1.82, 2.24) is 14.9 Å². The van der Waals surface area contributed by atoms with Crippen molar-refractivity contribution < 1.29 is 4.79 Å². The van der Waals surface area contributed by atoms with Crippen LogP contribution >= 0.6 is 34.5 Å². The summed E-state index contributed by atoms with van der Waals surface area (Å²) in [7, 11) is 0. The van der Waals surface area contributed by atoms with Gasteiger partial charge >= 0.3 is 0 Å². The van der Waals surface area contributed by atoms with E-state index in [-0.39, 0.29) is 11.8 Å². The second-order valence-corrected chi connectivity index (χ2v) is 11.5. The molecule has 8 heteroatoms. The summed E-state index contributed by atoms with van der Waals surface area (Å²) < 4.78 is 0. The van der Waals surface area contributed by atoms with Crippen molar-refractivity contribution in [3.05, 3.63) is 50.1 Å². The van der Waals surface area contributed by atoms with Crippen molar-refractivity contribution in [2.24, 2.45) is 5.92 Å². The van der Waals surface area contributed by atoms with Gasteiger partial charge in [0.15, 0.2) is 0 Å². The molecule has 2 aliphatic rings. The fourth-order valence-corrected chi connectivity index (χ4v) is 6.72. The molecule has 3 heterocycles. The van der Waals surface area contributed by atoms with Gasteiger partial charge in [0.1, 0.15) is 16.5 Å². The Kier molecular flexibility index (Phi) is 6.27. The van der Waals surface area contributed by atoms with Crippen LogP contribution in [0.3, 0.4) is 0 Å². The molecule has 33 heavy (non-hydrogen) atoms. The largest absolute Gasteiger partial charge is 0.352 e. The summed E-state index contributed by atoms with van der Waals surface area (Å²) in [6, 6.07) is 5.01. The van der Waals surface area contributed by atoms with Crippen LogP contribution in [0, 0.1) is 5.92 Å². The van der Waals surface area contributed by atoms with Crippen LogP contribution in [0.4, 0.5) is 5.82 Å². The first-order valence-electron chi connectivity index (χ1n) is 11.6. The van der Waals surface area contributed by atoms with E-state index < -0.39 is 0 Å². The number of carbonyl (C=O) groups excluding carboxylic acids is 1. The molecule has 1 aliphatic heterocycles. The predicted octanol–water partition coefficient (Wildman–Crippen LogP) is 6.21. The van der Waals surface area contributed by atoms with E-state index in [0.29, 0.717) is 28.7 Å². The van der Waals surface area contributed by atoms with Gasteiger partial charge in [0.2, 0.25) is 0 Å². The quantitative estimate of drug-likeness (QED) is 0.427. The molecule has 0 bridgehead atoms. The monoisotopic (exact) mass is 502 g/mol. The van der Waals surface area contributed by atoms with E-state index >= 15 is 0 Å². The van der Waals surface area contributed by atoms with Gasteiger partial charge in [-0.25, -0.2) is 9.97 Å². The summed E-state index contributed by atoms with van der Waals surface area (Å²) in [5.74, 6) is 2.91. The zero-order valence-electron chi connectivity index (χ0n) is 19.2. The molecular formula is C25H28Cl2N4OS. The number of carbonyl (C=O) groups is 1. The third kappa shape index (κ3) is 4.45. The Morgan fingerprint density at radius 1 is 1.09 bits per heavy atom. The number of nitrogens with zero attached hydrogens (tertiary/aromatic N) is 4. The minimum Gasteiger partial charge on any atom is -0.352 e. The average Bonchev–Trinajstić information content (AvgIpc) is 3.14. The summed E-state index contributed by atoms with van der Waals surface area (Å²) in [5, 5.41) is 2.20. The van der Waals surface area contributed by atoms with Crippen molar-refractivity contribution in [3.8, 4) is 0 Å².